The number of hydrogen-bond acceptors (Lipinski definition) is 4. The Labute approximate surface area is 153 Å². The van der Waals surface area contributed by atoms with E-state index in [4.69, 9.17) is 4.74 Å². The number of ether oxygens (including phenoxy) is 1. The average Bonchev–Trinajstić information content (AvgIpc) is 2.62. The highest BCUT2D eigenvalue weighted by atomic mass is 32.2. The fraction of sp³-hybridized carbons (Fsp3) is 0.350. The number of fused-ring (bicyclic) bond motifs is 1. The summed E-state index contributed by atoms with van der Waals surface area (Å²) in [6.07, 6.45) is 1.53. The topological polar surface area (TPSA) is 50.4 Å². The SMILES string of the molecule is COc1ccc(NC(=O)C[C@H](C)N[C@@H]2CCSc3ccccc32)cc1. The molecule has 0 radical (unpaired) electrons. The molecule has 1 heterocycles. The van der Waals surface area contributed by atoms with Gasteiger partial charge < -0.3 is 15.4 Å². The lowest BCUT2D eigenvalue weighted by atomic mass is 10.0. The van der Waals surface area contributed by atoms with Gasteiger partial charge in [-0.3, -0.25) is 4.79 Å². The lowest BCUT2D eigenvalue weighted by Gasteiger charge is -2.28. The van der Waals surface area contributed by atoms with Crippen LogP contribution in [0.5, 0.6) is 5.75 Å². The molecule has 2 aromatic rings. The van der Waals surface area contributed by atoms with Crippen LogP contribution < -0.4 is 15.4 Å². The van der Waals surface area contributed by atoms with Crippen molar-refractivity contribution in [1.29, 1.82) is 0 Å². The monoisotopic (exact) mass is 356 g/mol. The van der Waals surface area contributed by atoms with Gasteiger partial charge in [0.15, 0.2) is 0 Å². The molecule has 0 unspecified atom stereocenters. The van der Waals surface area contributed by atoms with Crippen molar-refractivity contribution in [2.75, 3.05) is 18.2 Å². The zero-order valence-corrected chi connectivity index (χ0v) is 15.4. The normalized spacial score (nSPS) is 17.4. The molecule has 1 amide bonds. The fourth-order valence-electron chi connectivity index (χ4n) is 3.08. The van der Waals surface area contributed by atoms with Crippen LogP contribution in [-0.4, -0.2) is 24.8 Å². The molecule has 0 bridgehead atoms. The maximum atomic E-state index is 12.3. The van der Waals surface area contributed by atoms with E-state index in [0.29, 0.717) is 12.5 Å². The number of carbonyl (C=O) groups is 1. The Bertz CT molecular complexity index is 718. The Morgan fingerprint density at radius 2 is 2.00 bits per heavy atom. The van der Waals surface area contributed by atoms with E-state index in [-0.39, 0.29) is 11.9 Å². The number of anilines is 1. The van der Waals surface area contributed by atoms with Crippen LogP contribution in [0.3, 0.4) is 0 Å². The fourth-order valence-corrected chi connectivity index (χ4v) is 4.21. The Morgan fingerprint density at radius 3 is 2.76 bits per heavy atom. The molecule has 0 spiro atoms. The van der Waals surface area contributed by atoms with Crippen LogP contribution in [0.1, 0.15) is 31.4 Å². The Hall–Kier alpha value is -1.98. The molecule has 5 heteroatoms. The predicted molar refractivity (Wildman–Crippen MR) is 103 cm³/mol. The van der Waals surface area contributed by atoms with Gasteiger partial charge >= 0.3 is 0 Å². The van der Waals surface area contributed by atoms with Crippen molar-refractivity contribution < 1.29 is 9.53 Å². The zero-order valence-electron chi connectivity index (χ0n) is 14.6. The molecule has 0 aromatic heterocycles. The predicted octanol–water partition coefficient (Wildman–Crippen LogP) is 4.24. The van der Waals surface area contributed by atoms with E-state index in [0.717, 1.165) is 23.6 Å². The molecule has 1 aliphatic rings. The molecule has 132 valence electrons. The molecule has 0 aliphatic carbocycles. The Morgan fingerprint density at radius 1 is 1.24 bits per heavy atom. The Balaban J connectivity index is 1.53. The first-order valence-electron chi connectivity index (χ1n) is 8.57. The molecule has 25 heavy (non-hydrogen) atoms. The summed E-state index contributed by atoms with van der Waals surface area (Å²) in [5.74, 6) is 1.91. The van der Waals surface area contributed by atoms with Gasteiger partial charge in [-0.2, -0.15) is 0 Å². The molecular weight excluding hydrogens is 332 g/mol. The lowest BCUT2D eigenvalue weighted by molar-refractivity contribution is -0.116. The van der Waals surface area contributed by atoms with Crippen LogP contribution in [0.2, 0.25) is 0 Å². The summed E-state index contributed by atoms with van der Waals surface area (Å²) in [5, 5.41) is 6.56. The zero-order chi connectivity index (χ0) is 17.6. The number of hydrogen-bond donors (Lipinski definition) is 2. The van der Waals surface area contributed by atoms with Crippen molar-refractivity contribution >= 4 is 23.4 Å². The Kier molecular flexibility index (Phi) is 6.00. The van der Waals surface area contributed by atoms with E-state index in [1.807, 2.05) is 36.0 Å². The van der Waals surface area contributed by atoms with E-state index < -0.39 is 0 Å². The first kappa shape index (κ1) is 17.8. The minimum Gasteiger partial charge on any atom is -0.497 e. The summed E-state index contributed by atoms with van der Waals surface area (Å²) in [6.45, 7) is 2.07. The number of nitrogens with one attached hydrogen (secondary N) is 2. The maximum Gasteiger partial charge on any atom is 0.225 e. The number of rotatable bonds is 6. The summed E-state index contributed by atoms with van der Waals surface area (Å²) in [7, 11) is 1.63. The van der Waals surface area contributed by atoms with Crippen molar-refractivity contribution in [2.45, 2.75) is 36.7 Å². The molecule has 0 saturated carbocycles. The second kappa shape index (κ2) is 8.41. The molecule has 3 rings (SSSR count). The van der Waals surface area contributed by atoms with Crippen molar-refractivity contribution in [1.82, 2.24) is 5.32 Å². The quantitative estimate of drug-likeness (QED) is 0.813. The van der Waals surface area contributed by atoms with Gasteiger partial charge in [0, 0.05) is 29.1 Å². The molecule has 2 aromatic carbocycles. The first-order valence-corrected chi connectivity index (χ1v) is 9.56. The van der Waals surface area contributed by atoms with Crippen LogP contribution in [0, 0.1) is 0 Å². The van der Waals surface area contributed by atoms with Crippen molar-refractivity contribution in [3.63, 3.8) is 0 Å². The van der Waals surface area contributed by atoms with Gasteiger partial charge in [0.2, 0.25) is 5.91 Å². The average molecular weight is 356 g/mol. The van der Waals surface area contributed by atoms with Crippen LogP contribution in [-0.2, 0) is 4.79 Å². The molecular formula is C20H24N2O2S. The standard InChI is InChI=1S/C20H24N2O2S/c1-14(13-20(23)22-15-7-9-16(24-2)10-8-15)21-18-11-12-25-19-6-4-3-5-17(18)19/h3-10,14,18,21H,11-13H2,1-2H3,(H,22,23)/t14-,18+/m0/s1. The second-order valence-corrected chi connectivity index (χ2v) is 7.41. The number of thioether (sulfide) groups is 1. The third-order valence-corrected chi connectivity index (χ3v) is 5.43. The van der Waals surface area contributed by atoms with Crippen molar-refractivity contribution in [2.24, 2.45) is 0 Å². The summed E-state index contributed by atoms with van der Waals surface area (Å²) in [6, 6.07) is 16.3. The third kappa shape index (κ3) is 4.77. The van der Waals surface area contributed by atoms with Crippen LogP contribution >= 0.6 is 11.8 Å². The van der Waals surface area contributed by atoms with E-state index in [1.54, 1.807) is 7.11 Å². The van der Waals surface area contributed by atoms with Crippen LogP contribution in [0.4, 0.5) is 5.69 Å². The van der Waals surface area contributed by atoms with Crippen LogP contribution in [0.25, 0.3) is 0 Å². The molecule has 0 saturated heterocycles. The van der Waals surface area contributed by atoms with E-state index in [2.05, 4.69) is 41.8 Å². The van der Waals surface area contributed by atoms with Gasteiger partial charge in [0.1, 0.15) is 5.75 Å². The smallest absolute Gasteiger partial charge is 0.225 e. The van der Waals surface area contributed by atoms with Crippen molar-refractivity contribution in [3.8, 4) is 5.75 Å². The van der Waals surface area contributed by atoms with Gasteiger partial charge in [-0.1, -0.05) is 18.2 Å². The molecule has 1 aliphatic heterocycles. The number of benzene rings is 2. The van der Waals surface area contributed by atoms with Crippen molar-refractivity contribution in [3.05, 3.63) is 54.1 Å². The first-order chi connectivity index (χ1) is 12.2. The highest BCUT2D eigenvalue weighted by Gasteiger charge is 2.22. The lowest BCUT2D eigenvalue weighted by Crippen LogP contribution is -2.35. The van der Waals surface area contributed by atoms with Gasteiger partial charge in [-0.25, -0.2) is 0 Å². The van der Waals surface area contributed by atoms with E-state index in [1.165, 1.54) is 10.5 Å². The largest absolute Gasteiger partial charge is 0.497 e. The molecule has 2 N–H and O–H groups in total. The summed E-state index contributed by atoms with van der Waals surface area (Å²) >= 11 is 1.91. The third-order valence-electron chi connectivity index (χ3n) is 4.31. The van der Waals surface area contributed by atoms with Gasteiger partial charge in [-0.05, 0) is 55.0 Å². The summed E-state index contributed by atoms with van der Waals surface area (Å²) in [5.41, 5.74) is 2.14. The van der Waals surface area contributed by atoms with E-state index >= 15 is 0 Å². The van der Waals surface area contributed by atoms with E-state index in [9.17, 15) is 4.79 Å². The minimum atomic E-state index is 0.0173. The second-order valence-electron chi connectivity index (χ2n) is 6.28. The minimum absolute atomic E-state index is 0.0173. The molecule has 2 atom stereocenters. The highest BCUT2D eigenvalue weighted by Crippen LogP contribution is 2.36. The molecule has 0 fully saturated rings. The highest BCUT2D eigenvalue weighted by molar-refractivity contribution is 7.99. The number of carbonyl (C=O) groups excluding carboxylic acids is 1. The number of amides is 1. The van der Waals surface area contributed by atoms with Gasteiger partial charge in [-0.15, -0.1) is 11.8 Å². The summed E-state index contributed by atoms with van der Waals surface area (Å²) in [4.78, 5) is 13.6. The van der Waals surface area contributed by atoms with Crippen LogP contribution in [0.15, 0.2) is 53.4 Å². The maximum absolute atomic E-state index is 12.3. The number of methoxy groups -OCH3 is 1. The van der Waals surface area contributed by atoms with Gasteiger partial charge in [0.05, 0.1) is 7.11 Å². The summed E-state index contributed by atoms with van der Waals surface area (Å²) < 4.78 is 5.13. The van der Waals surface area contributed by atoms with Gasteiger partial charge in [0.25, 0.3) is 0 Å². The molecule has 4 nitrogen and oxygen atoms in total.